The molecule has 4 N–H and O–H groups in total. The van der Waals surface area contributed by atoms with Crippen LogP contribution in [0.25, 0.3) is 11.3 Å². The van der Waals surface area contributed by atoms with Gasteiger partial charge in [0, 0.05) is 85.4 Å². The number of rotatable bonds is 25. The molecule has 492 valence electrons. The predicted molar refractivity (Wildman–Crippen MR) is 296 cm³/mol. The number of Topliss-reactive ketones (excluding diaryl/α,β-unsaturated/α-hetero) is 1. The van der Waals surface area contributed by atoms with Gasteiger partial charge in [0.25, 0.3) is 0 Å². The number of nitrogens with one attached hydrogen (secondary N) is 2. The number of nitrogens with zero attached hydrogens (tertiary/aromatic N) is 7. The van der Waals surface area contributed by atoms with Crippen LogP contribution in [0.4, 0.5) is 59.4 Å². The third-order valence-electron chi connectivity index (χ3n) is 16.4. The number of methoxy groups -OCH3 is 2. The standard InChI is InChI=1S/C57H66F10N9O13P/c1-54(2,56(62,63)64)41(24-47(78)85-5)49(79)72-74(29-40-42(58)21-35(22-43(40)59)44-18-19-75(71-44)50(60)61)30-46(89-53(81)87-31-88-90(82,83)84)36(23-45(77)48(70-52(80)86-6)55(3,4)57(65,66)67)20-33-13-10-32(11-14-33)12-15-34-25-68-51(69-26-34)73-27-38-16-17-39(28-73)76(38)37-8-7-9-37/h10-11,13-14,18-19,21-22,25-26,36-39,41,46,48,50H,7-9,16-17,20,23-24,27-31H2,1-6H3,(H,70,80)(H,72,79)(H2,82,83,84)/t36-,38?,39?,41-,46+,48-/m1/s1. The minimum atomic E-state index is -5.41. The van der Waals surface area contributed by atoms with Gasteiger partial charge in [0.1, 0.15) is 23.8 Å². The van der Waals surface area contributed by atoms with Crippen molar-refractivity contribution in [3.63, 3.8) is 0 Å². The number of alkyl carbamates (subject to hydrolysis) is 1. The van der Waals surface area contributed by atoms with Crippen molar-refractivity contribution in [1.82, 2.24) is 40.4 Å². The van der Waals surface area contributed by atoms with Crippen molar-refractivity contribution >= 4 is 43.7 Å². The quantitative estimate of drug-likeness (QED) is 0.00917. The van der Waals surface area contributed by atoms with Crippen LogP contribution in [-0.2, 0) is 55.4 Å². The van der Waals surface area contributed by atoms with E-state index in [9.17, 15) is 73.4 Å². The lowest BCUT2D eigenvalue weighted by Gasteiger charge is -2.48. The first-order valence-corrected chi connectivity index (χ1v) is 29.5. The number of phosphoric ester groups is 1. The average molecular weight is 1310 g/mol. The molecule has 0 radical (unpaired) electrons. The molecule has 2 aromatic heterocycles. The van der Waals surface area contributed by atoms with E-state index in [0.29, 0.717) is 80.0 Å². The number of hydrogen-bond acceptors (Lipinski definition) is 17. The Morgan fingerprint density at radius 3 is 1.93 bits per heavy atom. The first kappa shape index (κ1) is 70.0. The molecule has 2 amide bonds. The smallest absolute Gasteiger partial charge is 0.469 e. The fourth-order valence-electron chi connectivity index (χ4n) is 10.8. The minimum absolute atomic E-state index is 0.157. The lowest BCUT2D eigenvalue weighted by atomic mass is 9.75. The molecule has 3 fully saturated rings. The number of ether oxygens (including phenoxy) is 4. The van der Waals surface area contributed by atoms with Crippen molar-refractivity contribution in [3.05, 3.63) is 94.9 Å². The van der Waals surface area contributed by atoms with E-state index in [1.165, 1.54) is 43.5 Å². The number of carbonyl (C=O) groups is 5. The Labute approximate surface area is 509 Å². The van der Waals surface area contributed by atoms with Gasteiger partial charge < -0.3 is 39.0 Å². The second-order valence-electron chi connectivity index (χ2n) is 23.0. The Morgan fingerprint density at radius 1 is 0.811 bits per heavy atom. The van der Waals surface area contributed by atoms with E-state index in [1.807, 2.05) is 5.32 Å². The number of anilines is 1. The number of aromatic nitrogens is 4. The number of esters is 1. The summed E-state index contributed by atoms with van der Waals surface area (Å²) in [6.07, 6.45) is -9.56. The number of carbonyl (C=O) groups excluding carboxylic acids is 5. The lowest BCUT2D eigenvalue weighted by molar-refractivity contribution is -0.231. The van der Waals surface area contributed by atoms with Crippen molar-refractivity contribution in [1.29, 1.82) is 0 Å². The summed E-state index contributed by atoms with van der Waals surface area (Å²) in [4.78, 5) is 101. The van der Waals surface area contributed by atoms with Crippen LogP contribution in [0.1, 0.15) is 101 Å². The SMILES string of the molecule is COC(=O)C[C@H](C(=O)NN(Cc1c(F)cc(-c2ccn(C(F)F)n2)cc1F)C[C@H](OC(=O)OCOP(=O)(O)O)[C@@H](CC(=O)[C@@H](NC(=O)OC)C(C)(C)C(F)(F)F)Cc1ccc(C#Cc2cnc(N3CC4CCC(C3)N4C3CCC3)nc2)cc1)C(C)(C)C(F)(F)F. The van der Waals surface area contributed by atoms with Gasteiger partial charge in [0.2, 0.25) is 18.6 Å². The summed E-state index contributed by atoms with van der Waals surface area (Å²) in [7, 11) is -3.84. The highest BCUT2D eigenvalue weighted by molar-refractivity contribution is 7.46. The molecule has 4 heterocycles. The number of benzene rings is 2. The number of fused-ring (bicyclic) bond motifs is 2. The Kier molecular flexibility index (Phi) is 22.4. The maximum absolute atomic E-state index is 16.4. The number of hydrogen-bond donors (Lipinski definition) is 4. The third-order valence-corrected chi connectivity index (χ3v) is 16.8. The highest BCUT2D eigenvalue weighted by Crippen LogP contribution is 2.46. The third kappa shape index (κ3) is 17.5. The largest absolute Gasteiger partial charge is 0.510 e. The van der Waals surface area contributed by atoms with Crippen molar-refractivity contribution in [3.8, 4) is 23.1 Å². The van der Waals surface area contributed by atoms with Gasteiger partial charge in [-0.25, -0.2) is 47.1 Å². The van der Waals surface area contributed by atoms with Crippen molar-refractivity contribution < 1.29 is 106 Å². The molecule has 1 aliphatic carbocycles. The van der Waals surface area contributed by atoms with Crippen LogP contribution < -0.4 is 15.6 Å². The van der Waals surface area contributed by atoms with E-state index in [4.69, 9.17) is 9.47 Å². The highest BCUT2D eigenvalue weighted by Gasteiger charge is 2.57. The Morgan fingerprint density at radius 2 is 1.41 bits per heavy atom. The van der Waals surface area contributed by atoms with Crippen molar-refractivity contribution in [2.75, 3.05) is 45.5 Å². The maximum Gasteiger partial charge on any atom is 0.510 e. The van der Waals surface area contributed by atoms with Crippen LogP contribution >= 0.6 is 7.82 Å². The molecule has 2 aliphatic heterocycles. The number of amides is 2. The molecule has 1 saturated carbocycles. The zero-order chi connectivity index (χ0) is 66.3. The number of alkyl halides is 8. The molecular formula is C57H66F10N9O13P. The van der Waals surface area contributed by atoms with Crippen molar-refractivity contribution in [2.45, 2.75) is 135 Å². The lowest BCUT2D eigenvalue weighted by Crippen LogP contribution is -2.59. The van der Waals surface area contributed by atoms with Gasteiger partial charge in [-0.1, -0.05) is 44.2 Å². The number of piperazine rings is 1. The van der Waals surface area contributed by atoms with Gasteiger partial charge in [-0.2, -0.15) is 40.2 Å². The molecule has 2 saturated heterocycles. The van der Waals surface area contributed by atoms with E-state index >= 15 is 8.78 Å². The van der Waals surface area contributed by atoms with Gasteiger partial charge >= 0.3 is 44.9 Å². The molecule has 0 spiro atoms. The van der Waals surface area contributed by atoms with Crippen molar-refractivity contribution in [2.24, 2.45) is 22.7 Å². The van der Waals surface area contributed by atoms with E-state index in [2.05, 4.69) is 56.1 Å². The highest BCUT2D eigenvalue weighted by atomic mass is 31.2. The molecule has 2 aromatic carbocycles. The zero-order valence-corrected chi connectivity index (χ0v) is 50.2. The van der Waals surface area contributed by atoms with E-state index in [1.54, 1.807) is 12.4 Å². The van der Waals surface area contributed by atoms with E-state index < -0.39 is 153 Å². The van der Waals surface area contributed by atoms with Gasteiger partial charge in [-0.3, -0.25) is 24.7 Å². The van der Waals surface area contributed by atoms with Crippen LogP contribution in [0.2, 0.25) is 0 Å². The van der Waals surface area contributed by atoms with E-state index in [-0.39, 0.29) is 15.9 Å². The number of phosphoric acid groups is 1. The maximum atomic E-state index is 16.4. The predicted octanol–water partition coefficient (Wildman–Crippen LogP) is 8.94. The summed E-state index contributed by atoms with van der Waals surface area (Å²) in [5.41, 5.74) is -5.11. The number of hydrazine groups is 1. The molecule has 7 rings (SSSR count). The molecule has 2 bridgehead atoms. The van der Waals surface area contributed by atoms with Crippen LogP contribution in [0, 0.1) is 46.1 Å². The summed E-state index contributed by atoms with van der Waals surface area (Å²) in [5.74, 6) is -5.33. The second-order valence-corrected chi connectivity index (χ2v) is 24.3. The fourth-order valence-corrected chi connectivity index (χ4v) is 11.0. The number of ketones is 1. The topological polar surface area (TPSA) is 266 Å². The first-order valence-electron chi connectivity index (χ1n) is 28.0. The summed E-state index contributed by atoms with van der Waals surface area (Å²) in [6, 6.07) is 6.86. The summed E-state index contributed by atoms with van der Waals surface area (Å²) in [6.45, 7) is -3.56. The van der Waals surface area contributed by atoms with Gasteiger partial charge in [0.15, 0.2) is 5.78 Å². The first-order chi connectivity index (χ1) is 42.1. The molecule has 3 aliphatic rings. The molecular weight excluding hydrogens is 1240 g/mol. The molecule has 2 unspecified atom stereocenters. The van der Waals surface area contributed by atoms with Crippen LogP contribution in [-0.4, -0.2) is 153 Å². The Balaban J connectivity index is 1.28. The fraction of sp³-hybridized carbons (Fsp3) is 0.544. The summed E-state index contributed by atoms with van der Waals surface area (Å²) < 4.78 is 184. The normalized spacial score (nSPS) is 18.0. The molecule has 22 nitrogen and oxygen atoms in total. The van der Waals surface area contributed by atoms with Crippen LogP contribution in [0.3, 0.4) is 0 Å². The average Bonchev–Trinajstić information content (AvgIpc) is 1.56. The molecule has 90 heavy (non-hydrogen) atoms. The van der Waals surface area contributed by atoms with E-state index in [0.717, 1.165) is 52.4 Å². The second kappa shape index (κ2) is 28.8. The minimum Gasteiger partial charge on any atom is -0.469 e. The Hall–Kier alpha value is -7.43. The van der Waals surface area contributed by atoms with Gasteiger partial charge in [-0.15, -0.1) is 0 Å². The molecule has 33 heteroatoms. The van der Waals surface area contributed by atoms with Crippen LogP contribution in [0.15, 0.2) is 61.1 Å². The van der Waals surface area contributed by atoms with Gasteiger partial charge in [0.05, 0.1) is 55.2 Å². The summed E-state index contributed by atoms with van der Waals surface area (Å²) >= 11 is 0. The molecule has 6 atom stereocenters. The molecule has 4 aromatic rings. The Bertz CT molecular complexity index is 3280. The van der Waals surface area contributed by atoms with Gasteiger partial charge in [-0.05, 0) is 81.8 Å². The monoisotopic (exact) mass is 1310 g/mol. The van der Waals surface area contributed by atoms with Crippen LogP contribution in [0.5, 0.6) is 0 Å². The zero-order valence-electron chi connectivity index (χ0n) is 49.3. The summed E-state index contributed by atoms with van der Waals surface area (Å²) in [5, 5.41) is 5.88. The number of halogens is 10.